The SMILES string of the molecule is CCCCC/C(=C\c1ccccc1)CN(CC1CCN(C(=O)c2ccc(F)cc2)CC1)C(=O)CCC1CCCC1. The van der Waals surface area contributed by atoms with E-state index in [0.717, 1.165) is 38.6 Å². The molecule has 40 heavy (non-hydrogen) atoms. The van der Waals surface area contributed by atoms with E-state index in [0.29, 0.717) is 43.5 Å². The molecule has 2 aromatic carbocycles. The second-order valence-electron chi connectivity index (χ2n) is 11.9. The summed E-state index contributed by atoms with van der Waals surface area (Å²) in [6, 6.07) is 16.3. The first-order valence-electron chi connectivity index (χ1n) is 15.6. The molecule has 216 valence electrons. The smallest absolute Gasteiger partial charge is 0.253 e. The number of hydrogen-bond donors (Lipinski definition) is 0. The molecule has 2 fully saturated rings. The van der Waals surface area contributed by atoms with E-state index in [1.165, 1.54) is 61.8 Å². The molecule has 1 saturated carbocycles. The van der Waals surface area contributed by atoms with Gasteiger partial charge in [-0.25, -0.2) is 4.39 Å². The van der Waals surface area contributed by atoms with Crippen molar-refractivity contribution in [1.29, 1.82) is 0 Å². The van der Waals surface area contributed by atoms with Crippen molar-refractivity contribution < 1.29 is 14.0 Å². The topological polar surface area (TPSA) is 40.6 Å². The minimum Gasteiger partial charge on any atom is -0.339 e. The zero-order chi connectivity index (χ0) is 28.2. The van der Waals surface area contributed by atoms with Crippen molar-refractivity contribution in [2.24, 2.45) is 11.8 Å². The minimum atomic E-state index is -0.330. The molecule has 0 unspecified atom stereocenters. The van der Waals surface area contributed by atoms with Crippen molar-refractivity contribution in [2.45, 2.75) is 84.0 Å². The van der Waals surface area contributed by atoms with Crippen LogP contribution in [-0.2, 0) is 4.79 Å². The number of carbonyl (C=O) groups is 2. The number of benzene rings is 2. The van der Waals surface area contributed by atoms with E-state index in [4.69, 9.17) is 0 Å². The highest BCUT2D eigenvalue weighted by atomic mass is 19.1. The quantitative estimate of drug-likeness (QED) is 0.238. The maximum Gasteiger partial charge on any atom is 0.253 e. The van der Waals surface area contributed by atoms with Gasteiger partial charge in [-0.15, -0.1) is 0 Å². The third kappa shape index (κ3) is 9.31. The Morgan fingerprint density at radius 2 is 1.60 bits per heavy atom. The second-order valence-corrected chi connectivity index (χ2v) is 11.9. The van der Waals surface area contributed by atoms with E-state index >= 15 is 0 Å². The molecule has 0 N–H and O–H groups in total. The fourth-order valence-corrected chi connectivity index (χ4v) is 6.27. The number of carbonyl (C=O) groups excluding carboxylic acids is 2. The van der Waals surface area contributed by atoms with Crippen molar-refractivity contribution in [3.8, 4) is 0 Å². The molecule has 1 heterocycles. The monoisotopic (exact) mass is 546 g/mol. The third-order valence-corrected chi connectivity index (χ3v) is 8.73. The maximum atomic E-state index is 13.7. The third-order valence-electron chi connectivity index (χ3n) is 8.73. The van der Waals surface area contributed by atoms with Gasteiger partial charge in [0.15, 0.2) is 0 Å². The Morgan fingerprint density at radius 3 is 2.27 bits per heavy atom. The predicted molar refractivity (Wildman–Crippen MR) is 161 cm³/mol. The Morgan fingerprint density at radius 1 is 0.900 bits per heavy atom. The average molecular weight is 547 g/mol. The summed E-state index contributed by atoms with van der Waals surface area (Å²) >= 11 is 0. The second kappa shape index (κ2) is 15.7. The Hall–Kier alpha value is -2.95. The highest BCUT2D eigenvalue weighted by Gasteiger charge is 2.27. The van der Waals surface area contributed by atoms with E-state index in [1.54, 1.807) is 12.1 Å². The highest BCUT2D eigenvalue weighted by Crippen LogP contribution is 2.29. The molecule has 0 atom stereocenters. The van der Waals surface area contributed by atoms with Gasteiger partial charge in [0, 0.05) is 38.2 Å². The van der Waals surface area contributed by atoms with Gasteiger partial charge in [-0.3, -0.25) is 9.59 Å². The molecule has 2 amide bonds. The molecular formula is C35H47FN2O2. The van der Waals surface area contributed by atoms with Crippen LogP contribution in [0.15, 0.2) is 60.2 Å². The summed E-state index contributed by atoms with van der Waals surface area (Å²) in [6.07, 6.45) is 15.4. The lowest BCUT2D eigenvalue weighted by Crippen LogP contribution is -2.43. The van der Waals surface area contributed by atoms with Crippen LogP contribution >= 0.6 is 0 Å². The van der Waals surface area contributed by atoms with Crippen LogP contribution in [-0.4, -0.2) is 47.8 Å². The van der Waals surface area contributed by atoms with Crippen LogP contribution in [0.4, 0.5) is 4.39 Å². The normalized spacial score (nSPS) is 16.9. The van der Waals surface area contributed by atoms with Crippen LogP contribution in [0.25, 0.3) is 6.08 Å². The van der Waals surface area contributed by atoms with Gasteiger partial charge in [-0.2, -0.15) is 0 Å². The molecule has 0 spiro atoms. The molecule has 5 heteroatoms. The molecule has 0 bridgehead atoms. The van der Waals surface area contributed by atoms with Gasteiger partial charge >= 0.3 is 0 Å². The average Bonchev–Trinajstić information content (AvgIpc) is 3.50. The van der Waals surface area contributed by atoms with E-state index in [2.05, 4.69) is 42.2 Å². The van der Waals surface area contributed by atoms with Gasteiger partial charge in [-0.05, 0) is 73.8 Å². The lowest BCUT2D eigenvalue weighted by molar-refractivity contribution is -0.132. The molecule has 2 aromatic rings. The minimum absolute atomic E-state index is 0.0352. The summed E-state index contributed by atoms with van der Waals surface area (Å²) in [4.78, 5) is 30.6. The van der Waals surface area contributed by atoms with E-state index in [1.807, 2.05) is 11.0 Å². The van der Waals surface area contributed by atoms with Crippen molar-refractivity contribution in [3.05, 3.63) is 77.1 Å². The van der Waals surface area contributed by atoms with Crippen LogP contribution in [0.3, 0.4) is 0 Å². The summed E-state index contributed by atoms with van der Waals surface area (Å²) in [5, 5.41) is 0. The zero-order valence-electron chi connectivity index (χ0n) is 24.3. The summed E-state index contributed by atoms with van der Waals surface area (Å²) in [5.41, 5.74) is 3.06. The number of likely N-dealkylation sites (tertiary alicyclic amines) is 1. The zero-order valence-corrected chi connectivity index (χ0v) is 24.3. The van der Waals surface area contributed by atoms with Gasteiger partial charge < -0.3 is 9.80 Å². The fraction of sp³-hybridized carbons (Fsp3) is 0.543. The number of hydrogen-bond acceptors (Lipinski definition) is 2. The number of halogens is 1. The van der Waals surface area contributed by atoms with Gasteiger partial charge in [0.05, 0.1) is 0 Å². The van der Waals surface area contributed by atoms with Crippen LogP contribution in [0.1, 0.15) is 99.9 Å². The molecule has 1 aliphatic carbocycles. The molecule has 0 radical (unpaired) electrons. The van der Waals surface area contributed by atoms with Crippen LogP contribution in [0.5, 0.6) is 0 Å². The largest absolute Gasteiger partial charge is 0.339 e. The van der Waals surface area contributed by atoms with E-state index in [9.17, 15) is 14.0 Å². The Bertz CT molecular complexity index is 1080. The molecular weight excluding hydrogens is 499 g/mol. The molecule has 1 saturated heterocycles. The number of unbranched alkanes of at least 4 members (excludes halogenated alkanes) is 2. The molecule has 1 aliphatic heterocycles. The number of nitrogens with zero attached hydrogens (tertiary/aromatic N) is 2. The standard InChI is InChI=1S/C35H47FN2O2/c1-2-3-5-14-31(25-29-12-6-4-7-13-29)27-38(34(39)20-15-28-10-8-9-11-28)26-30-21-23-37(24-22-30)35(40)32-16-18-33(36)19-17-32/h4,6-7,12-13,16-19,25,28,30H,2-3,5,8-11,14-15,20-24,26-27H2,1H3/b31-25+. The van der Waals surface area contributed by atoms with Gasteiger partial charge in [0.25, 0.3) is 5.91 Å². The molecule has 4 rings (SSSR count). The summed E-state index contributed by atoms with van der Waals surface area (Å²) in [5.74, 6) is 0.998. The van der Waals surface area contributed by atoms with Crippen LogP contribution in [0, 0.1) is 17.7 Å². The van der Waals surface area contributed by atoms with Crippen molar-refractivity contribution in [2.75, 3.05) is 26.2 Å². The Labute approximate surface area is 240 Å². The molecule has 2 aliphatic rings. The summed E-state index contributed by atoms with van der Waals surface area (Å²) in [6.45, 7) is 5.02. The Balaban J connectivity index is 1.41. The summed E-state index contributed by atoms with van der Waals surface area (Å²) in [7, 11) is 0. The lowest BCUT2D eigenvalue weighted by atomic mass is 9.94. The van der Waals surface area contributed by atoms with Gasteiger partial charge in [-0.1, -0.05) is 87.4 Å². The maximum absolute atomic E-state index is 13.7. The van der Waals surface area contributed by atoms with Crippen molar-refractivity contribution in [3.63, 3.8) is 0 Å². The molecule has 4 nitrogen and oxygen atoms in total. The van der Waals surface area contributed by atoms with Gasteiger partial charge in [0.2, 0.25) is 5.91 Å². The Kier molecular flexibility index (Phi) is 11.8. The first-order valence-corrected chi connectivity index (χ1v) is 15.6. The fourth-order valence-electron chi connectivity index (χ4n) is 6.27. The van der Waals surface area contributed by atoms with Crippen LogP contribution < -0.4 is 0 Å². The number of piperidine rings is 1. The first kappa shape index (κ1) is 30.0. The lowest BCUT2D eigenvalue weighted by Gasteiger charge is -2.35. The van der Waals surface area contributed by atoms with E-state index < -0.39 is 0 Å². The van der Waals surface area contributed by atoms with E-state index in [-0.39, 0.29) is 17.6 Å². The van der Waals surface area contributed by atoms with Crippen molar-refractivity contribution >= 4 is 17.9 Å². The van der Waals surface area contributed by atoms with Crippen molar-refractivity contribution in [1.82, 2.24) is 9.80 Å². The summed E-state index contributed by atoms with van der Waals surface area (Å²) < 4.78 is 13.3. The van der Waals surface area contributed by atoms with Gasteiger partial charge in [0.1, 0.15) is 5.82 Å². The predicted octanol–water partition coefficient (Wildman–Crippen LogP) is 8.14. The number of rotatable bonds is 13. The molecule has 0 aromatic heterocycles. The highest BCUT2D eigenvalue weighted by molar-refractivity contribution is 5.94. The first-order chi connectivity index (χ1) is 19.5. The number of amides is 2. The van der Waals surface area contributed by atoms with Crippen LogP contribution in [0.2, 0.25) is 0 Å².